The Balaban J connectivity index is 3.66. The maximum absolute atomic E-state index is 13.1. The minimum Gasteiger partial charge on any atom is -0.467 e. The van der Waals surface area contributed by atoms with Gasteiger partial charge in [0.25, 0.3) is 0 Å². The second kappa shape index (κ2) is 10.4. The molecule has 1 aliphatic rings. The van der Waals surface area contributed by atoms with Crippen LogP contribution in [0.5, 0.6) is 0 Å². The molecule has 1 fully saturated rings. The summed E-state index contributed by atoms with van der Waals surface area (Å²) < 4.78 is 29.7. The minimum absolute atomic E-state index is 0.129. The Morgan fingerprint density at radius 3 is 1.88 bits per heavy atom. The van der Waals surface area contributed by atoms with Gasteiger partial charge in [0.05, 0.1) is 32.3 Å². The number of esters is 2. The van der Waals surface area contributed by atoms with E-state index in [1.807, 2.05) is 58.9 Å². The van der Waals surface area contributed by atoms with Crippen LogP contribution in [0.1, 0.15) is 26.2 Å². The molecule has 1 saturated carbocycles. The third-order valence-corrected chi connectivity index (χ3v) is 7.76. The van der Waals surface area contributed by atoms with Crippen LogP contribution in [0.25, 0.3) is 0 Å². The molecule has 0 spiro atoms. The summed E-state index contributed by atoms with van der Waals surface area (Å²) in [4.78, 5) is 25.7. The Morgan fingerprint density at radius 2 is 1.47 bits per heavy atom. The fourth-order valence-corrected chi connectivity index (χ4v) is 7.90. The number of hydrogen-bond donors (Lipinski definition) is 1. The van der Waals surface area contributed by atoms with Crippen LogP contribution in [-0.2, 0) is 32.3 Å². The van der Waals surface area contributed by atoms with Gasteiger partial charge >= 0.3 is 11.9 Å². The molecular formula is C21H44O8Si3. The molecule has 1 rings (SSSR count). The van der Waals surface area contributed by atoms with Crippen molar-refractivity contribution in [2.45, 2.75) is 109 Å². The van der Waals surface area contributed by atoms with E-state index >= 15 is 0 Å². The lowest BCUT2D eigenvalue weighted by molar-refractivity contribution is -0.211. The molecule has 0 aromatic heterocycles. The van der Waals surface area contributed by atoms with Crippen molar-refractivity contribution in [1.29, 1.82) is 0 Å². The Bertz CT molecular complexity index is 667. The summed E-state index contributed by atoms with van der Waals surface area (Å²) in [5, 5.41) is 12.0. The van der Waals surface area contributed by atoms with Crippen molar-refractivity contribution in [1.82, 2.24) is 0 Å². The molecule has 1 aliphatic carbocycles. The lowest BCUT2D eigenvalue weighted by atomic mass is 9.70. The van der Waals surface area contributed by atoms with Crippen molar-refractivity contribution in [3.63, 3.8) is 0 Å². The average Bonchev–Trinajstić information content (AvgIpc) is 2.53. The molecule has 0 aromatic carbocycles. The van der Waals surface area contributed by atoms with Gasteiger partial charge in [0.15, 0.2) is 30.6 Å². The van der Waals surface area contributed by atoms with Crippen LogP contribution in [0.4, 0.5) is 0 Å². The van der Waals surface area contributed by atoms with Gasteiger partial charge in [0.1, 0.15) is 5.60 Å². The molecule has 0 aliphatic heterocycles. The zero-order valence-electron chi connectivity index (χ0n) is 21.8. The molecule has 0 saturated heterocycles. The molecule has 0 heterocycles. The van der Waals surface area contributed by atoms with E-state index in [0.29, 0.717) is 0 Å². The van der Waals surface area contributed by atoms with Crippen LogP contribution in [0.15, 0.2) is 0 Å². The van der Waals surface area contributed by atoms with E-state index in [0.717, 1.165) is 0 Å². The summed E-state index contributed by atoms with van der Waals surface area (Å²) in [5.41, 5.74) is -3.16. The fourth-order valence-electron chi connectivity index (χ4n) is 4.24. The third kappa shape index (κ3) is 8.65. The largest absolute Gasteiger partial charge is 0.467 e. The molecule has 0 bridgehead atoms. The smallest absolute Gasteiger partial charge is 0.337 e. The Hall–Kier alpha value is -0.569. The highest BCUT2D eigenvalue weighted by Crippen LogP contribution is 2.46. The first-order valence-corrected chi connectivity index (χ1v) is 21.5. The predicted octanol–water partition coefficient (Wildman–Crippen LogP) is 3.67. The van der Waals surface area contributed by atoms with Crippen molar-refractivity contribution >= 4 is 36.9 Å². The van der Waals surface area contributed by atoms with Crippen LogP contribution in [0.2, 0.25) is 58.9 Å². The van der Waals surface area contributed by atoms with Gasteiger partial charge in [0.2, 0.25) is 0 Å². The van der Waals surface area contributed by atoms with E-state index in [1.54, 1.807) is 6.92 Å². The highest BCUT2D eigenvalue weighted by atomic mass is 28.4. The molecule has 0 unspecified atom stereocenters. The van der Waals surface area contributed by atoms with Crippen LogP contribution < -0.4 is 0 Å². The molecule has 1 N–H and O–H groups in total. The zero-order chi connectivity index (χ0) is 25.2. The molecule has 8 nitrogen and oxygen atoms in total. The summed E-state index contributed by atoms with van der Waals surface area (Å²) in [6, 6.07) is 0. The monoisotopic (exact) mass is 508 g/mol. The van der Waals surface area contributed by atoms with Crippen LogP contribution in [0.3, 0.4) is 0 Å². The average molecular weight is 509 g/mol. The van der Waals surface area contributed by atoms with Gasteiger partial charge in [-0.05, 0) is 65.8 Å². The topological polar surface area (TPSA) is 101 Å². The van der Waals surface area contributed by atoms with E-state index in [-0.39, 0.29) is 25.9 Å². The van der Waals surface area contributed by atoms with Gasteiger partial charge in [-0.2, -0.15) is 0 Å². The van der Waals surface area contributed by atoms with E-state index in [9.17, 15) is 14.7 Å². The van der Waals surface area contributed by atoms with Gasteiger partial charge < -0.3 is 27.9 Å². The van der Waals surface area contributed by atoms with E-state index in [4.69, 9.17) is 22.8 Å². The Labute approximate surface area is 196 Å². The lowest BCUT2D eigenvalue weighted by Gasteiger charge is -2.54. The second-order valence-corrected chi connectivity index (χ2v) is 24.9. The first-order valence-electron chi connectivity index (χ1n) is 11.3. The van der Waals surface area contributed by atoms with Crippen molar-refractivity contribution < 1.29 is 37.4 Å². The SMILES string of the molecule is CCOC(=O)C[C@]1(O)C[C@@](O[Si](C)(C)C)(C(=O)OC)C[C@@H](O[Si](C)(C)C)[C@@H]1O[Si](C)(C)C. The van der Waals surface area contributed by atoms with Gasteiger partial charge in [-0.1, -0.05) is 0 Å². The summed E-state index contributed by atoms with van der Waals surface area (Å²) in [5.74, 6) is -1.13. The van der Waals surface area contributed by atoms with Gasteiger partial charge in [-0.25, -0.2) is 4.79 Å². The fraction of sp³-hybridized carbons (Fsp3) is 0.905. The minimum atomic E-state index is -2.28. The number of methoxy groups -OCH3 is 1. The second-order valence-electron chi connectivity index (χ2n) is 11.6. The molecule has 0 amide bonds. The van der Waals surface area contributed by atoms with E-state index in [2.05, 4.69) is 0 Å². The molecule has 0 aromatic rings. The highest BCUT2D eigenvalue weighted by molar-refractivity contribution is 6.70. The molecule has 11 heteroatoms. The number of carbonyl (C=O) groups excluding carboxylic acids is 2. The zero-order valence-corrected chi connectivity index (χ0v) is 24.8. The summed E-state index contributed by atoms with van der Waals surface area (Å²) in [7, 11) is -5.28. The van der Waals surface area contributed by atoms with E-state index in [1.165, 1.54) is 7.11 Å². The molecular weight excluding hydrogens is 464 g/mol. The predicted molar refractivity (Wildman–Crippen MR) is 131 cm³/mol. The van der Waals surface area contributed by atoms with Crippen LogP contribution in [0, 0.1) is 0 Å². The molecule has 188 valence electrons. The normalized spacial score (nSPS) is 29.5. The molecule has 0 radical (unpaired) electrons. The number of ether oxygens (including phenoxy) is 2. The van der Waals surface area contributed by atoms with Gasteiger partial charge in [-0.15, -0.1) is 0 Å². The Morgan fingerprint density at radius 1 is 0.938 bits per heavy atom. The van der Waals surface area contributed by atoms with Crippen molar-refractivity contribution in [2.75, 3.05) is 13.7 Å². The number of rotatable bonds is 10. The summed E-state index contributed by atoms with van der Waals surface area (Å²) in [6.07, 6.45) is -1.70. The third-order valence-electron chi connectivity index (χ3n) is 4.79. The standard InChI is InChI=1S/C21H44O8Si3/c1-12-26-17(22)14-20(24)15-21(19(23)25-2,29-32(9,10)11)13-16(27-30(3,4)5)18(20)28-31(6,7)8/h16,18,24H,12-15H2,1-11H3/t16-,18+,20+,21-/m1/s1. The summed E-state index contributed by atoms with van der Waals surface area (Å²) in [6.45, 7) is 20.0. The first kappa shape index (κ1) is 29.5. The van der Waals surface area contributed by atoms with Crippen LogP contribution >= 0.6 is 0 Å². The highest BCUT2D eigenvalue weighted by Gasteiger charge is 2.62. The quantitative estimate of drug-likeness (QED) is 0.352. The summed E-state index contributed by atoms with van der Waals surface area (Å²) >= 11 is 0. The Kier molecular flexibility index (Phi) is 9.54. The van der Waals surface area contributed by atoms with Crippen molar-refractivity contribution in [2.24, 2.45) is 0 Å². The van der Waals surface area contributed by atoms with Gasteiger partial charge in [0, 0.05) is 12.8 Å². The van der Waals surface area contributed by atoms with Crippen LogP contribution in [-0.4, -0.2) is 79.1 Å². The lowest BCUT2D eigenvalue weighted by Crippen LogP contribution is -2.69. The molecule has 32 heavy (non-hydrogen) atoms. The number of aliphatic hydroxyl groups is 1. The number of carbonyl (C=O) groups is 2. The maximum atomic E-state index is 13.1. The van der Waals surface area contributed by atoms with Crippen molar-refractivity contribution in [3.8, 4) is 0 Å². The molecule has 4 atom stereocenters. The maximum Gasteiger partial charge on any atom is 0.337 e. The number of hydrogen-bond acceptors (Lipinski definition) is 8. The van der Waals surface area contributed by atoms with Crippen molar-refractivity contribution in [3.05, 3.63) is 0 Å². The first-order chi connectivity index (χ1) is 14.3. The van der Waals surface area contributed by atoms with Gasteiger partial charge in [-0.3, -0.25) is 4.79 Å². The van der Waals surface area contributed by atoms with E-state index < -0.39 is 60.3 Å².